The molecule has 0 aliphatic carbocycles. The standard InChI is InChI=1S/C5H12NO3P/c1-4-5(9-4)10(7,8)6(2)3/h4-5H,1-3H3,(H,7,8)/t4-,5+/m1/s1. The Morgan fingerprint density at radius 3 is 2.10 bits per heavy atom. The van der Waals surface area contributed by atoms with Crippen molar-refractivity contribution in [3.05, 3.63) is 0 Å². The molecule has 60 valence electrons. The molecule has 5 heteroatoms. The predicted octanol–water partition coefficient (Wildman–Crippen LogP) is 0.478. The molecule has 1 aliphatic heterocycles. The summed E-state index contributed by atoms with van der Waals surface area (Å²) in [5.74, 6) is -0.456. The largest absolute Gasteiger partial charge is 0.358 e. The number of rotatable bonds is 2. The van der Waals surface area contributed by atoms with Gasteiger partial charge >= 0.3 is 0 Å². The first-order chi connectivity index (χ1) is 4.46. The van der Waals surface area contributed by atoms with Crippen molar-refractivity contribution in [2.24, 2.45) is 0 Å². The van der Waals surface area contributed by atoms with E-state index in [4.69, 9.17) is 4.74 Å². The van der Waals surface area contributed by atoms with Crippen LogP contribution in [0.5, 0.6) is 0 Å². The summed E-state index contributed by atoms with van der Waals surface area (Å²) in [5, 5.41) is 0. The van der Waals surface area contributed by atoms with Crippen LogP contribution in [-0.2, 0) is 9.30 Å². The van der Waals surface area contributed by atoms with Gasteiger partial charge in [0.25, 0.3) is 7.52 Å². The normalized spacial score (nSPS) is 37.7. The van der Waals surface area contributed by atoms with Crippen molar-refractivity contribution in [1.82, 2.24) is 4.67 Å². The van der Waals surface area contributed by atoms with Crippen molar-refractivity contribution >= 4 is 7.52 Å². The van der Waals surface area contributed by atoms with Crippen LogP contribution < -0.4 is 0 Å². The summed E-state index contributed by atoms with van der Waals surface area (Å²) in [5.41, 5.74) is 0. The summed E-state index contributed by atoms with van der Waals surface area (Å²) < 4.78 is 17.5. The van der Waals surface area contributed by atoms with Crippen molar-refractivity contribution in [3.8, 4) is 0 Å². The Morgan fingerprint density at radius 2 is 2.00 bits per heavy atom. The molecule has 1 aliphatic rings. The monoisotopic (exact) mass is 165 g/mol. The second-order valence-corrected chi connectivity index (χ2v) is 5.16. The van der Waals surface area contributed by atoms with Crippen LogP contribution in [0.1, 0.15) is 6.92 Å². The summed E-state index contributed by atoms with van der Waals surface area (Å²) in [7, 11) is -0.0132. The lowest BCUT2D eigenvalue weighted by Gasteiger charge is -2.15. The predicted molar refractivity (Wildman–Crippen MR) is 37.8 cm³/mol. The van der Waals surface area contributed by atoms with Crippen molar-refractivity contribution in [1.29, 1.82) is 0 Å². The SMILES string of the molecule is C[C@H]1O[C@H]1P(=O)(O)N(C)C. The van der Waals surface area contributed by atoms with Gasteiger partial charge in [-0.25, -0.2) is 4.67 Å². The second-order valence-electron chi connectivity index (χ2n) is 2.67. The number of epoxide rings is 1. The molecule has 1 fully saturated rings. The van der Waals surface area contributed by atoms with Crippen molar-refractivity contribution in [2.75, 3.05) is 14.1 Å². The van der Waals surface area contributed by atoms with E-state index < -0.39 is 13.4 Å². The molecule has 3 atom stereocenters. The molecule has 4 nitrogen and oxygen atoms in total. The summed E-state index contributed by atoms with van der Waals surface area (Å²) in [6.07, 6.45) is -0.0572. The fourth-order valence-corrected chi connectivity index (χ4v) is 2.11. The molecule has 0 amide bonds. The Labute approximate surface area is 60.3 Å². The highest BCUT2D eigenvalue weighted by Gasteiger charge is 2.50. The van der Waals surface area contributed by atoms with Gasteiger partial charge in [0.15, 0.2) is 5.85 Å². The third-order valence-electron chi connectivity index (χ3n) is 1.58. The zero-order chi connectivity index (χ0) is 7.94. The minimum Gasteiger partial charge on any atom is -0.358 e. The molecule has 0 aromatic rings. The van der Waals surface area contributed by atoms with Crippen molar-refractivity contribution < 1.29 is 14.2 Å². The molecule has 1 rings (SSSR count). The topological polar surface area (TPSA) is 53.1 Å². The zero-order valence-electron chi connectivity index (χ0n) is 6.31. The van der Waals surface area contributed by atoms with Gasteiger partial charge in [0.2, 0.25) is 0 Å². The quantitative estimate of drug-likeness (QED) is 0.477. The number of ether oxygens (including phenoxy) is 1. The van der Waals surface area contributed by atoms with Gasteiger partial charge in [0.1, 0.15) is 0 Å². The van der Waals surface area contributed by atoms with Gasteiger partial charge in [-0.05, 0) is 21.0 Å². The molecule has 0 saturated carbocycles. The molecule has 0 aromatic heterocycles. The Balaban J connectivity index is 2.61. The van der Waals surface area contributed by atoms with E-state index >= 15 is 0 Å². The molecule has 0 bridgehead atoms. The van der Waals surface area contributed by atoms with Crippen molar-refractivity contribution in [2.45, 2.75) is 18.9 Å². The maximum absolute atomic E-state index is 11.2. The summed E-state index contributed by atoms with van der Waals surface area (Å²) in [6.45, 7) is 1.79. The van der Waals surface area contributed by atoms with E-state index in [1.54, 1.807) is 21.0 Å². The van der Waals surface area contributed by atoms with E-state index in [0.717, 1.165) is 0 Å². The lowest BCUT2D eigenvalue weighted by Crippen LogP contribution is -2.12. The van der Waals surface area contributed by atoms with E-state index in [-0.39, 0.29) is 6.10 Å². The van der Waals surface area contributed by atoms with Crippen LogP contribution in [0.25, 0.3) is 0 Å². The Kier molecular flexibility index (Phi) is 1.90. The first kappa shape index (κ1) is 8.21. The molecule has 0 aromatic carbocycles. The Bertz CT molecular complexity index is 182. The molecule has 10 heavy (non-hydrogen) atoms. The molecular weight excluding hydrogens is 153 g/mol. The Morgan fingerprint density at radius 1 is 1.60 bits per heavy atom. The van der Waals surface area contributed by atoms with E-state index in [0.29, 0.717) is 0 Å². The summed E-state index contributed by atoms with van der Waals surface area (Å²) >= 11 is 0. The van der Waals surface area contributed by atoms with E-state index in [2.05, 4.69) is 0 Å². The van der Waals surface area contributed by atoms with E-state index in [1.807, 2.05) is 0 Å². The summed E-state index contributed by atoms with van der Waals surface area (Å²) in [6, 6.07) is 0. The molecular formula is C5H12NO3P. The van der Waals surface area contributed by atoms with Gasteiger partial charge in [-0.15, -0.1) is 0 Å². The van der Waals surface area contributed by atoms with E-state index in [9.17, 15) is 9.46 Å². The third-order valence-corrected chi connectivity index (χ3v) is 3.93. The number of hydrogen-bond donors (Lipinski definition) is 1. The van der Waals surface area contributed by atoms with Crippen LogP contribution >= 0.6 is 7.52 Å². The lowest BCUT2D eigenvalue weighted by atomic mass is 10.6. The van der Waals surface area contributed by atoms with Gasteiger partial charge in [-0.1, -0.05) is 0 Å². The van der Waals surface area contributed by atoms with Crippen molar-refractivity contribution in [3.63, 3.8) is 0 Å². The summed E-state index contributed by atoms with van der Waals surface area (Å²) in [4.78, 5) is 9.26. The minimum atomic E-state index is -3.17. The first-order valence-electron chi connectivity index (χ1n) is 3.12. The molecule has 1 heterocycles. The van der Waals surface area contributed by atoms with Gasteiger partial charge in [-0.3, -0.25) is 4.57 Å². The van der Waals surface area contributed by atoms with Crippen LogP contribution in [-0.4, -0.2) is 35.6 Å². The molecule has 0 radical (unpaired) electrons. The van der Waals surface area contributed by atoms with Crippen LogP contribution in [0.4, 0.5) is 0 Å². The highest BCUT2D eigenvalue weighted by atomic mass is 31.2. The second kappa shape index (κ2) is 2.31. The molecule has 1 saturated heterocycles. The van der Waals surface area contributed by atoms with Gasteiger partial charge in [0.05, 0.1) is 6.10 Å². The van der Waals surface area contributed by atoms with Crippen LogP contribution in [0, 0.1) is 0 Å². The maximum atomic E-state index is 11.2. The number of hydrogen-bond acceptors (Lipinski definition) is 2. The third kappa shape index (κ3) is 1.25. The van der Waals surface area contributed by atoms with E-state index in [1.165, 1.54) is 4.67 Å². The van der Waals surface area contributed by atoms with Crippen LogP contribution in [0.3, 0.4) is 0 Å². The zero-order valence-corrected chi connectivity index (χ0v) is 7.21. The fourth-order valence-electron chi connectivity index (χ4n) is 0.755. The van der Waals surface area contributed by atoms with Gasteiger partial charge in [0, 0.05) is 0 Å². The molecule has 0 spiro atoms. The number of nitrogens with zero attached hydrogens (tertiary/aromatic N) is 1. The highest BCUT2D eigenvalue weighted by molar-refractivity contribution is 7.56. The highest BCUT2D eigenvalue weighted by Crippen LogP contribution is 2.57. The minimum absolute atomic E-state index is 0.0572. The molecule has 1 unspecified atom stereocenters. The lowest BCUT2D eigenvalue weighted by molar-refractivity contribution is 0.358. The smallest absolute Gasteiger partial charge is 0.300 e. The van der Waals surface area contributed by atoms with Gasteiger partial charge in [-0.2, -0.15) is 0 Å². The molecule has 1 N–H and O–H groups in total. The van der Waals surface area contributed by atoms with Crippen LogP contribution in [0.15, 0.2) is 0 Å². The first-order valence-corrected chi connectivity index (χ1v) is 4.80. The fraction of sp³-hybridized carbons (Fsp3) is 1.00. The van der Waals surface area contributed by atoms with Crippen LogP contribution in [0.2, 0.25) is 0 Å². The average molecular weight is 165 g/mol. The van der Waals surface area contributed by atoms with Gasteiger partial charge < -0.3 is 9.63 Å². The average Bonchev–Trinajstić information content (AvgIpc) is 2.46. The Hall–Kier alpha value is 0.110. The maximum Gasteiger partial charge on any atom is 0.300 e.